The quantitative estimate of drug-likeness (QED) is 0.587. The molecule has 0 aliphatic carbocycles. The van der Waals surface area contributed by atoms with Gasteiger partial charge in [0, 0.05) is 18.7 Å². The number of aromatic nitrogens is 2. The fourth-order valence-electron chi connectivity index (χ4n) is 2.49. The fraction of sp³-hybridized carbons (Fsp3) is 0.417. The average molecular weight is 265 g/mol. The first-order chi connectivity index (χ1) is 9.10. The fourth-order valence-corrected chi connectivity index (χ4v) is 2.49. The van der Waals surface area contributed by atoms with Crippen molar-refractivity contribution in [2.45, 2.75) is 24.9 Å². The van der Waals surface area contributed by atoms with Gasteiger partial charge in [-0.2, -0.15) is 0 Å². The van der Waals surface area contributed by atoms with E-state index < -0.39 is 18.4 Å². The van der Waals surface area contributed by atoms with Crippen molar-refractivity contribution in [3.63, 3.8) is 0 Å². The lowest BCUT2D eigenvalue weighted by Crippen LogP contribution is -2.24. The molecule has 3 rings (SSSR count). The highest BCUT2D eigenvalue weighted by molar-refractivity contribution is 5.81. The second-order valence-electron chi connectivity index (χ2n) is 4.69. The molecule has 0 saturated carbocycles. The van der Waals surface area contributed by atoms with Crippen LogP contribution in [0.25, 0.3) is 10.9 Å². The normalized spacial score (nSPS) is 27.2. The molecule has 19 heavy (non-hydrogen) atoms. The Morgan fingerprint density at radius 3 is 3.05 bits per heavy atom. The molecule has 3 heterocycles. The summed E-state index contributed by atoms with van der Waals surface area (Å²) in [6.07, 6.45) is 0.359. The lowest BCUT2D eigenvalue weighted by atomic mass is 10.2. The molecule has 102 valence electrons. The first-order valence-corrected chi connectivity index (χ1v) is 6.04. The first kappa shape index (κ1) is 12.2. The van der Waals surface area contributed by atoms with E-state index in [1.807, 2.05) is 0 Å². The van der Waals surface area contributed by atoms with Gasteiger partial charge >= 0.3 is 0 Å². The summed E-state index contributed by atoms with van der Waals surface area (Å²) in [6.45, 7) is -0.237. The van der Waals surface area contributed by atoms with Gasteiger partial charge in [0.2, 0.25) is 0 Å². The minimum Gasteiger partial charge on any atom is -0.394 e. The number of nitrogen functional groups attached to an aromatic ring is 1. The molecule has 2 aromatic heterocycles. The van der Waals surface area contributed by atoms with Crippen LogP contribution in [0.5, 0.6) is 0 Å². The summed E-state index contributed by atoms with van der Waals surface area (Å²) in [5.74, 6) is 0.273. The van der Waals surface area contributed by atoms with E-state index in [2.05, 4.69) is 4.98 Å². The van der Waals surface area contributed by atoms with Crippen LogP contribution in [-0.4, -0.2) is 38.6 Å². The van der Waals surface area contributed by atoms with Gasteiger partial charge in [0.05, 0.1) is 23.6 Å². The van der Waals surface area contributed by atoms with Crippen LogP contribution < -0.4 is 11.3 Å². The van der Waals surface area contributed by atoms with E-state index >= 15 is 0 Å². The Morgan fingerprint density at radius 1 is 1.58 bits per heavy atom. The predicted octanol–water partition coefficient (Wildman–Crippen LogP) is -0.448. The Kier molecular flexibility index (Phi) is 2.81. The lowest BCUT2D eigenvalue weighted by Gasteiger charge is -2.15. The predicted molar refractivity (Wildman–Crippen MR) is 68.6 cm³/mol. The molecule has 7 heteroatoms. The maximum atomic E-state index is 11.7. The summed E-state index contributed by atoms with van der Waals surface area (Å²) in [6, 6.07) is 3.33. The van der Waals surface area contributed by atoms with E-state index in [0.29, 0.717) is 17.3 Å². The molecule has 0 radical (unpaired) electrons. The number of aliphatic hydroxyl groups is 2. The molecule has 1 aliphatic heterocycles. The SMILES string of the molecule is Nc1cc2c(ccn2[C@@H]2C[C@H](O)[C@@H](CO)O2)c(=O)[nH]1. The summed E-state index contributed by atoms with van der Waals surface area (Å²) in [4.78, 5) is 14.3. The summed E-state index contributed by atoms with van der Waals surface area (Å²) in [5.41, 5.74) is 6.02. The van der Waals surface area contributed by atoms with Crippen LogP contribution in [0.1, 0.15) is 12.6 Å². The third kappa shape index (κ3) is 1.92. The van der Waals surface area contributed by atoms with Crippen molar-refractivity contribution in [2.75, 3.05) is 12.3 Å². The molecule has 0 amide bonds. The van der Waals surface area contributed by atoms with Gasteiger partial charge in [0.15, 0.2) is 0 Å². The van der Waals surface area contributed by atoms with Crippen LogP contribution in [0.3, 0.4) is 0 Å². The van der Waals surface area contributed by atoms with Gasteiger partial charge in [-0.05, 0) is 6.07 Å². The number of nitrogens with one attached hydrogen (secondary N) is 1. The molecule has 2 aromatic rings. The minimum atomic E-state index is -0.716. The van der Waals surface area contributed by atoms with Crippen molar-refractivity contribution in [3.05, 3.63) is 28.7 Å². The Labute approximate surface area is 108 Å². The smallest absolute Gasteiger partial charge is 0.258 e. The third-order valence-corrected chi connectivity index (χ3v) is 3.45. The average Bonchev–Trinajstić information content (AvgIpc) is 2.92. The van der Waals surface area contributed by atoms with E-state index in [4.69, 9.17) is 15.6 Å². The van der Waals surface area contributed by atoms with Crippen molar-refractivity contribution in [1.82, 2.24) is 9.55 Å². The summed E-state index contributed by atoms with van der Waals surface area (Å²) in [5, 5.41) is 19.3. The maximum Gasteiger partial charge on any atom is 0.258 e. The number of pyridine rings is 1. The molecule has 0 unspecified atom stereocenters. The maximum absolute atomic E-state index is 11.7. The number of rotatable bonds is 2. The number of hydrogen-bond donors (Lipinski definition) is 4. The number of aromatic amines is 1. The molecule has 3 atom stereocenters. The highest BCUT2D eigenvalue weighted by Crippen LogP contribution is 2.31. The van der Waals surface area contributed by atoms with E-state index in [-0.39, 0.29) is 18.0 Å². The topological polar surface area (TPSA) is 114 Å². The summed E-state index contributed by atoms with van der Waals surface area (Å²) >= 11 is 0. The number of nitrogens with zero attached hydrogens (tertiary/aromatic N) is 1. The van der Waals surface area contributed by atoms with E-state index in [0.717, 1.165) is 0 Å². The Hall–Kier alpha value is -1.83. The molecule has 5 N–H and O–H groups in total. The first-order valence-electron chi connectivity index (χ1n) is 6.04. The van der Waals surface area contributed by atoms with Gasteiger partial charge in [-0.3, -0.25) is 4.79 Å². The zero-order chi connectivity index (χ0) is 13.6. The largest absolute Gasteiger partial charge is 0.394 e. The van der Waals surface area contributed by atoms with Crippen molar-refractivity contribution in [3.8, 4) is 0 Å². The Morgan fingerprint density at radius 2 is 2.37 bits per heavy atom. The van der Waals surface area contributed by atoms with Crippen LogP contribution in [0, 0.1) is 0 Å². The van der Waals surface area contributed by atoms with Crippen LogP contribution in [0.4, 0.5) is 5.82 Å². The minimum absolute atomic E-state index is 0.237. The van der Waals surface area contributed by atoms with Crippen molar-refractivity contribution in [2.24, 2.45) is 0 Å². The summed E-state index contributed by atoms with van der Waals surface area (Å²) < 4.78 is 7.31. The molecule has 0 aromatic carbocycles. The lowest BCUT2D eigenvalue weighted by molar-refractivity contribution is -0.0428. The highest BCUT2D eigenvalue weighted by Gasteiger charge is 2.34. The van der Waals surface area contributed by atoms with Gasteiger partial charge in [-0.15, -0.1) is 0 Å². The van der Waals surface area contributed by atoms with Gasteiger partial charge in [-0.25, -0.2) is 0 Å². The second-order valence-corrected chi connectivity index (χ2v) is 4.69. The Balaban J connectivity index is 2.05. The van der Waals surface area contributed by atoms with E-state index in [1.54, 1.807) is 22.9 Å². The Bertz CT molecular complexity index is 663. The van der Waals surface area contributed by atoms with Gasteiger partial charge in [0.25, 0.3) is 5.56 Å². The zero-order valence-electron chi connectivity index (χ0n) is 10.1. The second kappa shape index (κ2) is 4.37. The van der Waals surface area contributed by atoms with Crippen LogP contribution >= 0.6 is 0 Å². The third-order valence-electron chi connectivity index (χ3n) is 3.45. The molecular formula is C12H15N3O4. The van der Waals surface area contributed by atoms with Gasteiger partial charge in [-0.1, -0.05) is 0 Å². The highest BCUT2D eigenvalue weighted by atomic mass is 16.5. The number of fused-ring (bicyclic) bond motifs is 1. The number of nitrogens with two attached hydrogens (primary N) is 1. The number of hydrogen-bond acceptors (Lipinski definition) is 5. The zero-order valence-corrected chi connectivity index (χ0v) is 10.1. The number of aliphatic hydroxyl groups excluding tert-OH is 2. The summed E-state index contributed by atoms with van der Waals surface area (Å²) in [7, 11) is 0. The van der Waals surface area contributed by atoms with Crippen LogP contribution in [0.15, 0.2) is 23.1 Å². The van der Waals surface area contributed by atoms with Gasteiger partial charge < -0.3 is 30.2 Å². The molecule has 0 bridgehead atoms. The van der Waals surface area contributed by atoms with Crippen molar-refractivity contribution in [1.29, 1.82) is 0 Å². The molecule has 0 spiro atoms. The van der Waals surface area contributed by atoms with E-state index in [9.17, 15) is 9.90 Å². The monoisotopic (exact) mass is 265 g/mol. The van der Waals surface area contributed by atoms with E-state index in [1.165, 1.54) is 0 Å². The molecule has 7 nitrogen and oxygen atoms in total. The molecular weight excluding hydrogens is 250 g/mol. The number of ether oxygens (including phenoxy) is 1. The molecule has 1 fully saturated rings. The molecule has 1 saturated heterocycles. The van der Waals surface area contributed by atoms with Crippen LogP contribution in [-0.2, 0) is 4.74 Å². The number of H-pyrrole nitrogens is 1. The van der Waals surface area contributed by atoms with Crippen molar-refractivity contribution >= 4 is 16.7 Å². The standard InChI is InChI=1S/C12H15N3O4/c13-10-3-7-6(12(18)14-10)1-2-15(7)11-4-8(17)9(5-16)19-11/h1-3,8-9,11,16-17H,4-5H2,(H3,13,14,18)/t8-,9+,11-/m0/s1. The van der Waals surface area contributed by atoms with Gasteiger partial charge in [0.1, 0.15) is 18.1 Å². The molecule has 1 aliphatic rings. The van der Waals surface area contributed by atoms with Crippen molar-refractivity contribution < 1.29 is 14.9 Å². The number of anilines is 1. The van der Waals surface area contributed by atoms with Crippen LogP contribution in [0.2, 0.25) is 0 Å².